The van der Waals surface area contributed by atoms with E-state index >= 15 is 0 Å². The van der Waals surface area contributed by atoms with Crippen LogP contribution in [0.5, 0.6) is 0 Å². The zero-order chi connectivity index (χ0) is 8.97. The van der Waals surface area contributed by atoms with Gasteiger partial charge in [0, 0.05) is 6.42 Å². The molecule has 1 heterocycles. The molecule has 68 valence electrons. The molecule has 0 spiro atoms. The molecule has 0 aromatic heterocycles. The summed E-state index contributed by atoms with van der Waals surface area (Å²) in [6.45, 7) is 6.41. The molecule has 0 aromatic rings. The van der Waals surface area contributed by atoms with E-state index in [0.717, 1.165) is 12.8 Å². The summed E-state index contributed by atoms with van der Waals surface area (Å²) in [4.78, 5) is 10.9. The first-order chi connectivity index (χ1) is 5.74. The predicted molar refractivity (Wildman–Crippen MR) is 47.7 cm³/mol. The first kappa shape index (κ1) is 9.30. The van der Waals surface area contributed by atoms with Crippen LogP contribution in [0.1, 0.15) is 26.2 Å². The lowest BCUT2D eigenvalue weighted by Crippen LogP contribution is -2.28. The SMILES string of the molecule is C=CCC[C@H]1CC(=O)OC[C@@H]1C. The van der Waals surface area contributed by atoms with Crippen LogP contribution in [0.4, 0.5) is 0 Å². The third kappa shape index (κ3) is 2.36. The highest BCUT2D eigenvalue weighted by Crippen LogP contribution is 2.26. The highest BCUT2D eigenvalue weighted by Gasteiger charge is 2.26. The minimum Gasteiger partial charge on any atom is -0.465 e. The molecule has 0 amide bonds. The maximum atomic E-state index is 10.9. The molecule has 0 saturated carbocycles. The molecule has 2 nitrogen and oxygen atoms in total. The van der Waals surface area contributed by atoms with E-state index in [2.05, 4.69) is 13.5 Å². The van der Waals surface area contributed by atoms with Gasteiger partial charge in [0.2, 0.25) is 0 Å². The summed E-state index contributed by atoms with van der Waals surface area (Å²) in [5.74, 6) is 0.981. The van der Waals surface area contributed by atoms with Gasteiger partial charge in [0.1, 0.15) is 0 Å². The lowest BCUT2D eigenvalue weighted by Gasteiger charge is -2.27. The molecule has 1 aliphatic heterocycles. The Morgan fingerprint density at radius 2 is 2.50 bits per heavy atom. The molecule has 2 atom stereocenters. The molecule has 1 aliphatic rings. The monoisotopic (exact) mass is 168 g/mol. The topological polar surface area (TPSA) is 26.3 Å². The van der Waals surface area contributed by atoms with E-state index in [4.69, 9.17) is 4.74 Å². The first-order valence-corrected chi connectivity index (χ1v) is 4.50. The van der Waals surface area contributed by atoms with Gasteiger partial charge in [-0.2, -0.15) is 0 Å². The number of ether oxygens (including phenoxy) is 1. The predicted octanol–water partition coefficient (Wildman–Crippen LogP) is 2.15. The number of carbonyl (C=O) groups excluding carboxylic acids is 1. The third-order valence-corrected chi connectivity index (χ3v) is 2.48. The van der Waals surface area contributed by atoms with Crippen LogP contribution in [0.25, 0.3) is 0 Å². The standard InChI is InChI=1S/C10H16O2/c1-3-4-5-9-6-10(11)12-7-8(9)2/h3,8-9H,1,4-7H2,2H3/t8-,9-/m0/s1. The van der Waals surface area contributed by atoms with Crippen molar-refractivity contribution >= 4 is 5.97 Å². The second-order valence-corrected chi connectivity index (χ2v) is 3.49. The van der Waals surface area contributed by atoms with Gasteiger partial charge in [-0.3, -0.25) is 4.79 Å². The zero-order valence-corrected chi connectivity index (χ0v) is 7.58. The van der Waals surface area contributed by atoms with E-state index in [1.807, 2.05) is 6.08 Å². The van der Waals surface area contributed by atoms with Gasteiger partial charge in [0.05, 0.1) is 6.61 Å². The van der Waals surface area contributed by atoms with Gasteiger partial charge in [-0.15, -0.1) is 6.58 Å². The smallest absolute Gasteiger partial charge is 0.306 e. The summed E-state index contributed by atoms with van der Waals surface area (Å²) < 4.78 is 4.94. The van der Waals surface area contributed by atoms with Crippen molar-refractivity contribution in [1.29, 1.82) is 0 Å². The van der Waals surface area contributed by atoms with Crippen molar-refractivity contribution in [3.63, 3.8) is 0 Å². The summed E-state index contributed by atoms with van der Waals surface area (Å²) in [5, 5.41) is 0. The molecule has 0 unspecified atom stereocenters. The Balaban J connectivity index is 2.37. The molecule has 0 aliphatic carbocycles. The van der Waals surface area contributed by atoms with E-state index in [1.165, 1.54) is 0 Å². The van der Waals surface area contributed by atoms with Crippen LogP contribution in [0.2, 0.25) is 0 Å². The maximum absolute atomic E-state index is 10.9. The molecule has 0 aromatic carbocycles. The van der Waals surface area contributed by atoms with Gasteiger partial charge >= 0.3 is 5.97 Å². The van der Waals surface area contributed by atoms with E-state index in [9.17, 15) is 4.79 Å². The Labute approximate surface area is 73.6 Å². The first-order valence-electron chi connectivity index (χ1n) is 4.50. The second kappa shape index (κ2) is 4.29. The molecular weight excluding hydrogens is 152 g/mol. The fraction of sp³-hybridized carbons (Fsp3) is 0.700. The van der Waals surface area contributed by atoms with Crippen LogP contribution < -0.4 is 0 Å². The van der Waals surface area contributed by atoms with Crippen molar-refractivity contribution in [2.75, 3.05) is 6.61 Å². The van der Waals surface area contributed by atoms with Crippen LogP contribution in [0.15, 0.2) is 12.7 Å². The number of hydrogen-bond donors (Lipinski definition) is 0. The Hall–Kier alpha value is -0.790. The van der Waals surface area contributed by atoms with Gasteiger partial charge in [-0.25, -0.2) is 0 Å². The van der Waals surface area contributed by atoms with Crippen LogP contribution in [0, 0.1) is 11.8 Å². The minimum atomic E-state index is -0.0397. The lowest BCUT2D eigenvalue weighted by atomic mass is 9.86. The van der Waals surface area contributed by atoms with Crippen LogP contribution >= 0.6 is 0 Å². The molecule has 1 saturated heterocycles. The fourth-order valence-corrected chi connectivity index (χ4v) is 1.55. The number of hydrogen-bond acceptors (Lipinski definition) is 2. The Bertz CT molecular complexity index is 175. The molecule has 12 heavy (non-hydrogen) atoms. The number of carbonyl (C=O) groups is 1. The molecule has 0 bridgehead atoms. The van der Waals surface area contributed by atoms with Crippen molar-refractivity contribution in [2.24, 2.45) is 11.8 Å². The molecular formula is C10H16O2. The van der Waals surface area contributed by atoms with E-state index in [-0.39, 0.29) is 5.97 Å². The van der Waals surface area contributed by atoms with Gasteiger partial charge in [-0.05, 0) is 24.7 Å². The van der Waals surface area contributed by atoms with Crippen LogP contribution in [-0.2, 0) is 9.53 Å². The van der Waals surface area contributed by atoms with Crippen molar-refractivity contribution < 1.29 is 9.53 Å². The van der Waals surface area contributed by atoms with Crippen LogP contribution in [0.3, 0.4) is 0 Å². The fourth-order valence-electron chi connectivity index (χ4n) is 1.55. The Kier molecular flexibility index (Phi) is 3.32. The summed E-state index contributed by atoms with van der Waals surface area (Å²) in [5.41, 5.74) is 0. The molecule has 0 radical (unpaired) electrons. The lowest BCUT2D eigenvalue weighted by molar-refractivity contribution is -0.152. The summed E-state index contributed by atoms with van der Waals surface area (Å²) in [7, 11) is 0. The number of allylic oxidation sites excluding steroid dienone is 1. The van der Waals surface area contributed by atoms with Crippen molar-refractivity contribution in [2.45, 2.75) is 26.2 Å². The molecule has 1 fully saturated rings. The summed E-state index contributed by atoms with van der Waals surface area (Å²) >= 11 is 0. The number of rotatable bonds is 3. The largest absolute Gasteiger partial charge is 0.465 e. The zero-order valence-electron chi connectivity index (χ0n) is 7.58. The van der Waals surface area contributed by atoms with Gasteiger partial charge in [-0.1, -0.05) is 13.0 Å². The molecule has 1 rings (SSSR count). The quantitative estimate of drug-likeness (QED) is 0.477. The van der Waals surface area contributed by atoms with E-state index in [0.29, 0.717) is 24.9 Å². The van der Waals surface area contributed by atoms with Crippen molar-refractivity contribution in [3.8, 4) is 0 Å². The van der Waals surface area contributed by atoms with Gasteiger partial charge in [0.25, 0.3) is 0 Å². The van der Waals surface area contributed by atoms with Gasteiger partial charge < -0.3 is 4.74 Å². The highest BCUT2D eigenvalue weighted by molar-refractivity contribution is 5.70. The van der Waals surface area contributed by atoms with E-state index < -0.39 is 0 Å². The van der Waals surface area contributed by atoms with Gasteiger partial charge in [0.15, 0.2) is 0 Å². The molecule has 2 heteroatoms. The van der Waals surface area contributed by atoms with Crippen molar-refractivity contribution in [1.82, 2.24) is 0 Å². The average molecular weight is 168 g/mol. The third-order valence-electron chi connectivity index (χ3n) is 2.48. The average Bonchev–Trinajstić information content (AvgIpc) is 2.07. The van der Waals surface area contributed by atoms with Crippen LogP contribution in [-0.4, -0.2) is 12.6 Å². The second-order valence-electron chi connectivity index (χ2n) is 3.49. The number of cyclic esters (lactones) is 1. The normalized spacial score (nSPS) is 29.6. The maximum Gasteiger partial charge on any atom is 0.306 e. The minimum absolute atomic E-state index is 0.0397. The highest BCUT2D eigenvalue weighted by atomic mass is 16.5. The summed E-state index contributed by atoms with van der Waals surface area (Å²) in [6.07, 6.45) is 4.57. The Morgan fingerprint density at radius 1 is 1.75 bits per heavy atom. The van der Waals surface area contributed by atoms with Crippen molar-refractivity contribution in [3.05, 3.63) is 12.7 Å². The number of esters is 1. The Morgan fingerprint density at radius 3 is 3.17 bits per heavy atom. The van der Waals surface area contributed by atoms with E-state index in [1.54, 1.807) is 0 Å². The summed E-state index contributed by atoms with van der Waals surface area (Å²) in [6, 6.07) is 0. The molecule has 0 N–H and O–H groups in total.